The van der Waals surface area contributed by atoms with Crippen molar-refractivity contribution >= 4 is 21.6 Å². The van der Waals surface area contributed by atoms with Crippen molar-refractivity contribution < 1.29 is 13.2 Å². The Kier molecular flexibility index (Phi) is 6.19. The highest BCUT2D eigenvalue weighted by Gasteiger charge is 2.30. The molecule has 0 saturated carbocycles. The van der Waals surface area contributed by atoms with Gasteiger partial charge in [-0.2, -0.15) is 4.31 Å². The van der Waals surface area contributed by atoms with Crippen LogP contribution in [0.2, 0.25) is 0 Å². The summed E-state index contributed by atoms with van der Waals surface area (Å²) in [6, 6.07) is 13.9. The summed E-state index contributed by atoms with van der Waals surface area (Å²) in [4.78, 5) is 16.1. The fraction of sp³-hybridized carbons (Fsp3) is 0.458. The lowest BCUT2D eigenvalue weighted by molar-refractivity contribution is -0.116. The normalized spacial score (nSPS) is 17.9. The second-order valence-corrected chi connectivity index (χ2v) is 10.7. The van der Waals surface area contributed by atoms with E-state index in [-0.39, 0.29) is 5.91 Å². The minimum Gasteiger partial charge on any atom is -0.312 e. The van der Waals surface area contributed by atoms with Crippen molar-refractivity contribution in [1.82, 2.24) is 9.21 Å². The van der Waals surface area contributed by atoms with E-state index in [1.807, 2.05) is 0 Å². The zero-order valence-electron chi connectivity index (χ0n) is 18.5. The minimum absolute atomic E-state index is 0.00988. The summed E-state index contributed by atoms with van der Waals surface area (Å²) in [6.07, 6.45) is 0.696. The predicted octanol–water partition coefficient (Wildman–Crippen LogP) is 3.23. The monoisotopic (exact) mass is 441 g/mol. The number of hydrogen-bond acceptors (Lipinski definition) is 4. The van der Waals surface area contributed by atoms with Gasteiger partial charge in [0.25, 0.3) is 0 Å². The highest BCUT2D eigenvalue weighted by atomic mass is 32.2. The molecule has 31 heavy (non-hydrogen) atoms. The first kappa shape index (κ1) is 22.0. The Morgan fingerprint density at radius 3 is 2.26 bits per heavy atom. The van der Waals surface area contributed by atoms with Gasteiger partial charge < -0.3 is 4.90 Å². The van der Waals surface area contributed by atoms with Crippen molar-refractivity contribution in [3.05, 3.63) is 59.2 Å². The van der Waals surface area contributed by atoms with Crippen LogP contribution in [0.1, 0.15) is 43.4 Å². The number of sulfonamides is 1. The highest BCUT2D eigenvalue weighted by molar-refractivity contribution is 7.89. The molecule has 2 aromatic rings. The molecule has 2 heterocycles. The number of piperazine rings is 1. The van der Waals surface area contributed by atoms with E-state index in [0.29, 0.717) is 50.0 Å². The third kappa shape index (κ3) is 4.54. The van der Waals surface area contributed by atoms with Crippen LogP contribution in [0, 0.1) is 0 Å². The molecule has 0 radical (unpaired) electrons. The van der Waals surface area contributed by atoms with Gasteiger partial charge in [-0.25, -0.2) is 8.42 Å². The third-order valence-electron chi connectivity index (χ3n) is 6.35. The van der Waals surface area contributed by atoms with E-state index in [4.69, 9.17) is 0 Å². The second kappa shape index (κ2) is 8.73. The minimum atomic E-state index is -3.53. The van der Waals surface area contributed by atoms with Crippen LogP contribution in [0.3, 0.4) is 0 Å². The first-order chi connectivity index (χ1) is 14.8. The highest BCUT2D eigenvalue weighted by Crippen LogP contribution is 2.31. The summed E-state index contributed by atoms with van der Waals surface area (Å²) in [6.45, 7) is 9.79. The van der Waals surface area contributed by atoms with Crippen molar-refractivity contribution in [2.45, 2.75) is 44.6 Å². The Bertz CT molecular complexity index is 1060. The number of carbonyl (C=O) groups is 1. The number of nitrogens with zero attached hydrogens (tertiary/aromatic N) is 3. The summed E-state index contributed by atoms with van der Waals surface area (Å²) in [5.74, 6) is 0.511. The molecule has 0 bridgehead atoms. The molecule has 0 unspecified atom stereocenters. The van der Waals surface area contributed by atoms with E-state index < -0.39 is 10.0 Å². The summed E-state index contributed by atoms with van der Waals surface area (Å²) >= 11 is 0. The lowest BCUT2D eigenvalue weighted by Crippen LogP contribution is -2.48. The SMILES string of the molecule is CC(=O)N1CCc2cc(S(=O)(=O)N3CCN(Cc4ccc(C(C)C)cc4)CC3)ccc21. The molecule has 1 fully saturated rings. The molecule has 4 rings (SSSR count). The molecule has 2 aliphatic rings. The van der Waals surface area contributed by atoms with Gasteiger partial charge in [-0.15, -0.1) is 0 Å². The van der Waals surface area contributed by atoms with Crippen LogP contribution in [0.15, 0.2) is 47.4 Å². The van der Waals surface area contributed by atoms with Gasteiger partial charge in [0.05, 0.1) is 4.90 Å². The maximum Gasteiger partial charge on any atom is 0.243 e. The van der Waals surface area contributed by atoms with Gasteiger partial charge >= 0.3 is 0 Å². The maximum absolute atomic E-state index is 13.2. The molecule has 2 aliphatic heterocycles. The van der Waals surface area contributed by atoms with E-state index in [1.54, 1.807) is 27.4 Å². The van der Waals surface area contributed by atoms with Gasteiger partial charge in [0, 0.05) is 51.9 Å². The van der Waals surface area contributed by atoms with Crippen LogP contribution in [0.4, 0.5) is 5.69 Å². The van der Waals surface area contributed by atoms with Crippen LogP contribution >= 0.6 is 0 Å². The Labute approximate surface area is 185 Å². The Balaban J connectivity index is 1.39. The van der Waals surface area contributed by atoms with Gasteiger partial charge in [0.1, 0.15) is 0 Å². The number of carbonyl (C=O) groups excluding carboxylic acids is 1. The Morgan fingerprint density at radius 1 is 0.968 bits per heavy atom. The number of anilines is 1. The molecule has 0 atom stereocenters. The number of rotatable bonds is 5. The molecule has 0 aliphatic carbocycles. The molecular weight excluding hydrogens is 410 g/mol. The average molecular weight is 442 g/mol. The van der Waals surface area contributed by atoms with E-state index in [1.165, 1.54) is 18.1 Å². The van der Waals surface area contributed by atoms with E-state index in [0.717, 1.165) is 17.8 Å². The van der Waals surface area contributed by atoms with Gasteiger partial charge in [0.2, 0.25) is 15.9 Å². The van der Waals surface area contributed by atoms with Gasteiger partial charge in [0.15, 0.2) is 0 Å². The van der Waals surface area contributed by atoms with Gasteiger partial charge in [-0.1, -0.05) is 38.1 Å². The predicted molar refractivity (Wildman–Crippen MR) is 123 cm³/mol. The molecule has 6 nitrogen and oxygen atoms in total. The number of hydrogen-bond donors (Lipinski definition) is 0. The zero-order valence-corrected chi connectivity index (χ0v) is 19.4. The summed E-state index contributed by atoms with van der Waals surface area (Å²) in [5, 5.41) is 0. The van der Waals surface area contributed by atoms with Crippen molar-refractivity contribution in [1.29, 1.82) is 0 Å². The number of amides is 1. The summed E-state index contributed by atoms with van der Waals surface area (Å²) < 4.78 is 28.0. The largest absolute Gasteiger partial charge is 0.312 e. The topological polar surface area (TPSA) is 60.9 Å². The molecule has 0 aromatic heterocycles. The molecular formula is C24H31N3O3S. The number of fused-ring (bicyclic) bond motifs is 1. The van der Waals surface area contributed by atoms with E-state index >= 15 is 0 Å². The Morgan fingerprint density at radius 2 is 1.65 bits per heavy atom. The second-order valence-electron chi connectivity index (χ2n) is 8.79. The van der Waals surface area contributed by atoms with Crippen LogP contribution in [-0.2, 0) is 27.8 Å². The lowest BCUT2D eigenvalue weighted by Gasteiger charge is -2.34. The summed E-state index contributed by atoms with van der Waals surface area (Å²) in [7, 11) is -3.53. The molecule has 1 saturated heterocycles. The van der Waals surface area contributed by atoms with Crippen LogP contribution < -0.4 is 4.90 Å². The molecule has 2 aromatic carbocycles. The van der Waals surface area contributed by atoms with Crippen molar-refractivity contribution in [3.63, 3.8) is 0 Å². The number of benzene rings is 2. The van der Waals surface area contributed by atoms with Gasteiger partial charge in [-0.3, -0.25) is 9.69 Å². The van der Waals surface area contributed by atoms with E-state index in [2.05, 4.69) is 43.0 Å². The maximum atomic E-state index is 13.2. The zero-order chi connectivity index (χ0) is 22.2. The van der Waals surface area contributed by atoms with Gasteiger partial charge in [-0.05, 0) is 47.2 Å². The van der Waals surface area contributed by atoms with Crippen molar-refractivity contribution in [3.8, 4) is 0 Å². The first-order valence-electron chi connectivity index (χ1n) is 11.0. The lowest BCUT2D eigenvalue weighted by atomic mass is 10.0. The molecule has 166 valence electrons. The molecule has 7 heteroatoms. The van der Waals surface area contributed by atoms with Crippen LogP contribution in [0.5, 0.6) is 0 Å². The smallest absolute Gasteiger partial charge is 0.243 e. The van der Waals surface area contributed by atoms with Crippen molar-refractivity contribution in [2.75, 3.05) is 37.6 Å². The fourth-order valence-electron chi connectivity index (χ4n) is 4.41. The van der Waals surface area contributed by atoms with Crippen LogP contribution in [-0.4, -0.2) is 56.3 Å². The fourth-order valence-corrected chi connectivity index (χ4v) is 5.88. The molecule has 0 N–H and O–H groups in total. The average Bonchev–Trinajstić information content (AvgIpc) is 3.18. The first-order valence-corrected chi connectivity index (χ1v) is 12.4. The Hall–Kier alpha value is -2.22. The van der Waals surface area contributed by atoms with Crippen molar-refractivity contribution in [2.24, 2.45) is 0 Å². The summed E-state index contributed by atoms with van der Waals surface area (Å²) in [5.41, 5.74) is 4.36. The quantitative estimate of drug-likeness (QED) is 0.715. The van der Waals surface area contributed by atoms with Crippen LogP contribution in [0.25, 0.3) is 0 Å². The molecule has 0 spiro atoms. The standard InChI is InChI=1S/C24H31N3O3S/c1-18(2)21-6-4-20(5-7-21)17-25-12-14-26(15-13-25)31(29,30)23-8-9-24-22(16-23)10-11-27(24)19(3)28/h4-9,16,18H,10-15,17H2,1-3H3. The van der Waals surface area contributed by atoms with E-state index in [9.17, 15) is 13.2 Å². The third-order valence-corrected chi connectivity index (χ3v) is 8.24. The molecule has 1 amide bonds.